The monoisotopic (exact) mass is 297 g/mol. The van der Waals surface area contributed by atoms with E-state index in [9.17, 15) is 4.39 Å². The highest BCUT2D eigenvalue weighted by Gasteiger charge is 2.07. The first-order chi connectivity index (χ1) is 6.65. The average molecular weight is 299 g/mol. The summed E-state index contributed by atoms with van der Waals surface area (Å²) >= 11 is 3.10. The van der Waals surface area contributed by atoms with E-state index in [1.54, 1.807) is 12.1 Å². The molecular weight excluding hydrogens is 284 g/mol. The molecule has 0 aliphatic rings. The Bertz CT molecular complexity index is 311. The van der Waals surface area contributed by atoms with Gasteiger partial charge >= 0.3 is 0 Å². The molecule has 0 unspecified atom stereocenters. The molecule has 0 aliphatic heterocycles. The van der Waals surface area contributed by atoms with E-state index in [-0.39, 0.29) is 30.9 Å². The van der Waals surface area contributed by atoms with Gasteiger partial charge in [0, 0.05) is 12.6 Å². The third kappa shape index (κ3) is 4.47. The molecule has 86 valence electrons. The van der Waals surface area contributed by atoms with Crippen molar-refractivity contribution in [2.75, 3.05) is 6.61 Å². The molecular formula is C10H14BrClFNO. The minimum atomic E-state index is -0.289. The molecule has 0 fully saturated rings. The van der Waals surface area contributed by atoms with Crippen LogP contribution in [-0.4, -0.2) is 11.7 Å². The molecule has 0 spiro atoms. The lowest BCUT2D eigenvalue weighted by atomic mass is 10.0. The zero-order valence-corrected chi connectivity index (χ0v) is 10.5. The Kier molecular flexibility index (Phi) is 7.09. The number of benzene rings is 1. The maximum atomic E-state index is 12.9. The lowest BCUT2D eigenvalue weighted by Gasteiger charge is -2.11. The molecule has 0 aromatic heterocycles. The molecule has 1 rings (SSSR count). The standard InChI is InChI=1S/C10H13BrFNO.ClH/c11-8-6-7(3-4-9(8)12)10(13)2-1-5-14;/h3-4,6,10,14H,1-2,5,13H2;1H/t10-;/m0./s1. The molecule has 1 atom stereocenters. The Morgan fingerprint density at radius 3 is 2.67 bits per heavy atom. The van der Waals surface area contributed by atoms with Crippen LogP contribution in [0.2, 0.25) is 0 Å². The number of hydrogen-bond acceptors (Lipinski definition) is 2. The number of nitrogens with two attached hydrogens (primary N) is 1. The van der Waals surface area contributed by atoms with Gasteiger partial charge in [-0.05, 0) is 46.5 Å². The van der Waals surface area contributed by atoms with Crippen LogP contribution in [0.25, 0.3) is 0 Å². The summed E-state index contributed by atoms with van der Waals surface area (Å²) in [4.78, 5) is 0. The second kappa shape index (κ2) is 7.17. The van der Waals surface area contributed by atoms with Crippen molar-refractivity contribution in [3.05, 3.63) is 34.1 Å². The lowest BCUT2D eigenvalue weighted by molar-refractivity contribution is 0.280. The van der Waals surface area contributed by atoms with Gasteiger partial charge in [-0.1, -0.05) is 6.07 Å². The summed E-state index contributed by atoms with van der Waals surface area (Å²) in [7, 11) is 0. The highest BCUT2D eigenvalue weighted by molar-refractivity contribution is 9.10. The largest absolute Gasteiger partial charge is 0.396 e. The minimum Gasteiger partial charge on any atom is -0.396 e. The van der Waals surface area contributed by atoms with E-state index < -0.39 is 0 Å². The Morgan fingerprint density at radius 2 is 2.13 bits per heavy atom. The van der Waals surface area contributed by atoms with E-state index in [1.807, 2.05) is 0 Å². The minimum absolute atomic E-state index is 0. The van der Waals surface area contributed by atoms with Gasteiger partial charge in [0.05, 0.1) is 4.47 Å². The topological polar surface area (TPSA) is 46.2 Å². The summed E-state index contributed by atoms with van der Waals surface area (Å²) in [5, 5.41) is 8.64. The molecule has 3 N–H and O–H groups in total. The van der Waals surface area contributed by atoms with Gasteiger partial charge in [0.1, 0.15) is 5.82 Å². The van der Waals surface area contributed by atoms with Gasteiger partial charge in [0.15, 0.2) is 0 Å². The maximum absolute atomic E-state index is 12.9. The van der Waals surface area contributed by atoms with Crippen molar-refractivity contribution < 1.29 is 9.50 Å². The summed E-state index contributed by atoms with van der Waals surface area (Å²) in [5.41, 5.74) is 6.73. The number of hydrogen-bond donors (Lipinski definition) is 2. The Labute approximate surface area is 103 Å². The number of aliphatic hydroxyl groups excluding tert-OH is 1. The molecule has 0 amide bonds. The van der Waals surface area contributed by atoms with Gasteiger partial charge in [0.2, 0.25) is 0 Å². The second-order valence-corrected chi connectivity index (χ2v) is 4.00. The molecule has 0 aliphatic carbocycles. The molecule has 15 heavy (non-hydrogen) atoms. The second-order valence-electron chi connectivity index (χ2n) is 3.15. The van der Waals surface area contributed by atoms with Crippen LogP contribution in [-0.2, 0) is 0 Å². The Morgan fingerprint density at radius 1 is 1.47 bits per heavy atom. The van der Waals surface area contributed by atoms with Gasteiger partial charge in [-0.15, -0.1) is 12.4 Å². The first kappa shape index (κ1) is 14.8. The molecule has 1 aromatic carbocycles. The van der Waals surface area contributed by atoms with E-state index in [0.29, 0.717) is 17.3 Å². The first-order valence-electron chi connectivity index (χ1n) is 4.46. The van der Waals surface area contributed by atoms with Crippen LogP contribution < -0.4 is 5.73 Å². The molecule has 0 bridgehead atoms. The van der Waals surface area contributed by atoms with Crippen LogP contribution in [0.5, 0.6) is 0 Å². The SMILES string of the molecule is Cl.N[C@@H](CCCO)c1ccc(F)c(Br)c1. The average Bonchev–Trinajstić information content (AvgIpc) is 2.18. The van der Waals surface area contributed by atoms with Crippen LogP contribution in [0.4, 0.5) is 4.39 Å². The van der Waals surface area contributed by atoms with Gasteiger partial charge in [0.25, 0.3) is 0 Å². The van der Waals surface area contributed by atoms with Gasteiger partial charge in [-0.25, -0.2) is 4.39 Å². The predicted molar refractivity (Wildman–Crippen MR) is 64.6 cm³/mol. The highest BCUT2D eigenvalue weighted by Crippen LogP contribution is 2.22. The predicted octanol–water partition coefficient (Wildman–Crippen LogP) is 2.78. The Hall–Kier alpha value is -0.160. The summed E-state index contributed by atoms with van der Waals surface area (Å²) in [6.45, 7) is 0.135. The van der Waals surface area contributed by atoms with Crippen LogP contribution >= 0.6 is 28.3 Å². The van der Waals surface area contributed by atoms with Crippen molar-refractivity contribution in [1.29, 1.82) is 0 Å². The van der Waals surface area contributed by atoms with E-state index in [2.05, 4.69) is 15.9 Å². The summed E-state index contributed by atoms with van der Waals surface area (Å²) in [5.74, 6) is -0.289. The van der Waals surface area contributed by atoms with E-state index >= 15 is 0 Å². The smallest absolute Gasteiger partial charge is 0.137 e. The molecule has 2 nitrogen and oxygen atoms in total. The van der Waals surface area contributed by atoms with Crippen molar-refractivity contribution in [2.24, 2.45) is 5.73 Å². The van der Waals surface area contributed by atoms with E-state index in [0.717, 1.165) is 5.56 Å². The third-order valence-corrected chi connectivity index (χ3v) is 2.65. The fourth-order valence-corrected chi connectivity index (χ4v) is 1.62. The molecule has 5 heteroatoms. The molecule has 0 saturated heterocycles. The van der Waals surface area contributed by atoms with Crippen LogP contribution in [0.1, 0.15) is 24.4 Å². The normalized spacial score (nSPS) is 12.0. The quantitative estimate of drug-likeness (QED) is 0.898. The van der Waals surface area contributed by atoms with Crippen LogP contribution in [0.3, 0.4) is 0 Å². The summed E-state index contributed by atoms with van der Waals surface area (Å²) < 4.78 is 13.3. The lowest BCUT2D eigenvalue weighted by Crippen LogP contribution is -2.10. The van der Waals surface area contributed by atoms with E-state index in [1.165, 1.54) is 6.07 Å². The van der Waals surface area contributed by atoms with Gasteiger partial charge in [-0.3, -0.25) is 0 Å². The molecule has 0 radical (unpaired) electrons. The van der Waals surface area contributed by atoms with Crippen LogP contribution in [0.15, 0.2) is 22.7 Å². The van der Waals surface area contributed by atoms with Crippen molar-refractivity contribution in [3.8, 4) is 0 Å². The van der Waals surface area contributed by atoms with Gasteiger partial charge < -0.3 is 10.8 Å². The zero-order chi connectivity index (χ0) is 10.6. The zero-order valence-electron chi connectivity index (χ0n) is 8.12. The molecule has 1 aromatic rings. The van der Waals surface area contributed by atoms with Crippen LogP contribution in [0, 0.1) is 5.82 Å². The number of rotatable bonds is 4. The van der Waals surface area contributed by atoms with Crippen molar-refractivity contribution in [3.63, 3.8) is 0 Å². The maximum Gasteiger partial charge on any atom is 0.137 e. The van der Waals surface area contributed by atoms with Crippen molar-refractivity contribution in [1.82, 2.24) is 0 Å². The third-order valence-electron chi connectivity index (χ3n) is 2.05. The molecule has 0 saturated carbocycles. The van der Waals surface area contributed by atoms with Crippen molar-refractivity contribution in [2.45, 2.75) is 18.9 Å². The first-order valence-corrected chi connectivity index (χ1v) is 5.26. The molecule has 0 heterocycles. The van der Waals surface area contributed by atoms with Crippen molar-refractivity contribution >= 4 is 28.3 Å². The highest BCUT2D eigenvalue weighted by atomic mass is 79.9. The number of aliphatic hydroxyl groups is 1. The number of halogens is 3. The van der Waals surface area contributed by atoms with E-state index in [4.69, 9.17) is 10.8 Å². The fourth-order valence-electron chi connectivity index (χ4n) is 1.22. The summed E-state index contributed by atoms with van der Waals surface area (Å²) in [6, 6.07) is 4.59. The fraction of sp³-hybridized carbons (Fsp3) is 0.400. The Balaban J connectivity index is 0.00000196. The van der Waals surface area contributed by atoms with Gasteiger partial charge in [-0.2, -0.15) is 0 Å². The summed E-state index contributed by atoms with van der Waals surface area (Å²) in [6.07, 6.45) is 1.37.